The largest absolute Gasteiger partial charge is 0.494 e. The molecule has 1 aromatic carbocycles. The Balaban J connectivity index is 1.65. The maximum atomic E-state index is 5.59. The van der Waals surface area contributed by atoms with Crippen molar-refractivity contribution in [3.05, 3.63) is 48.4 Å². The van der Waals surface area contributed by atoms with Crippen LogP contribution in [0.25, 0.3) is 0 Å². The second kappa shape index (κ2) is 6.59. The topological polar surface area (TPSA) is 47.0 Å². The van der Waals surface area contributed by atoms with Crippen LogP contribution in [0.2, 0.25) is 0 Å². The molecule has 0 aliphatic carbocycles. The average Bonchev–Trinajstić information content (AvgIpc) is 2.40. The van der Waals surface area contributed by atoms with Gasteiger partial charge >= 0.3 is 0 Å². The average molecular weight is 243 g/mol. The van der Waals surface area contributed by atoms with E-state index in [0.29, 0.717) is 6.61 Å². The summed E-state index contributed by atoms with van der Waals surface area (Å²) in [5.41, 5.74) is 0.966. The van der Waals surface area contributed by atoms with Gasteiger partial charge in [0.2, 0.25) is 0 Å². The quantitative estimate of drug-likeness (QED) is 0.792. The smallest absolute Gasteiger partial charge is 0.129 e. The molecule has 0 bridgehead atoms. The fourth-order valence-corrected chi connectivity index (χ4v) is 1.55. The molecule has 0 saturated carbocycles. The molecule has 0 spiro atoms. The molecule has 1 heterocycles. The van der Waals surface area contributed by atoms with Crippen molar-refractivity contribution in [1.82, 2.24) is 9.97 Å². The number of benzene rings is 1. The van der Waals surface area contributed by atoms with E-state index in [2.05, 4.69) is 15.3 Å². The van der Waals surface area contributed by atoms with Gasteiger partial charge in [-0.2, -0.15) is 0 Å². The van der Waals surface area contributed by atoms with Gasteiger partial charge in [-0.25, -0.2) is 9.97 Å². The fraction of sp³-hybridized carbons (Fsp3) is 0.286. The Hall–Kier alpha value is -2.10. The van der Waals surface area contributed by atoms with E-state index in [9.17, 15) is 0 Å². The zero-order valence-electron chi connectivity index (χ0n) is 10.5. The summed E-state index contributed by atoms with van der Waals surface area (Å²) in [5, 5.41) is 3.24. The molecule has 0 saturated heterocycles. The van der Waals surface area contributed by atoms with Crippen LogP contribution in [0.15, 0.2) is 42.7 Å². The lowest BCUT2D eigenvalue weighted by molar-refractivity contribution is 0.315. The molecule has 0 amide bonds. The number of hydrogen-bond donors (Lipinski definition) is 1. The lowest BCUT2D eigenvalue weighted by Gasteiger charge is -2.07. The molecule has 0 radical (unpaired) electrons. The zero-order valence-corrected chi connectivity index (χ0v) is 10.5. The number of aryl methyl sites for hydroxylation is 1. The molecule has 0 unspecified atom stereocenters. The molecule has 2 rings (SSSR count). The predicted molar refractivity (Wildman–Crippen MR) is 71.8 cm³/mol. The summed E-state index contributed by atoms with van der Waals surface area (Å²) < 4.78 is 5.59. The van der Waals surface area contributed by atoms with Crippen LogP contribution in [0.4, 0.5) is 5.82 Å². The number of rotatable bonds is 6. The maximum Gasteiger partial charge on any atom is 0.129 e. The Labute approximate surface area is 107 Å². The van der Waals surface area contributed by atoms with Gasteiger partial charge in [-0.15, -0.1) is 0 Å². The van der Waals surface area contributed by atoms with Gasteiger partial charge in [0.1, 0.15) is 17.9 Å². The monoisotopic (exact) mass is 243 g/mol. The summed E-state index contributed by atoms with van der Waals surface area (Å²) in [7, 11) is 0. The first-order chi connectivity index (χ1) is 8.84. The van der Waals surface area contributed by atoms with Gasteiger partial charge < -0.3 is 10.1 Å². The molecule has 0 aliphatic heterocycles. The standard InChI is InChI=1S/C14H17N3O/c1-12-10-14(17-11-16-12)15-8-5-9-18-13-6-3-2-4-7-13/h2-4,6-7,10-11H,5,8-9H2,1H3,(H,15,16,17). The van der Waals surface area contributed by atoms with E-state index < -0.39 is 0 Å². The molecule has 1 aromatic heterocycles. The summed E-state index contributed by atoms with van der Waals surface area (Å²) in [6.07, 6.45) is 2.50. The van der Waals surface area contributed by atoms with E-state index in [1.165, 1.54) is 0 Å². The van der Waals surface area contributed by atoms with Gasteiger partial charge in [0.05, 0.1) is 6.61 Å². The van der Waals surface area contributed by atoms with Gasteiger partial charge in [-0.3, -0.25) is 0 Å². The Morgan fingerprint density at radius 1 is 1.17 bits per heavy atom. The predicted octanol–water partition coefficient (Wildman–Crippen LogP) is 2.67. The fourth-order valence-electron chi connectivity index (χ4n) is 1.55. The van der Waals surface area contributed by atoms with Crippen LogP contribution in [0, 0.1) is 6.92 Å². The number of ether oxygens (including phenoxy) is 1. The van der Waals surface area contributed by atoms with Crippen LogP contribution in [-0.4, -0.2) is 23.1 Å². The number of anilines is 1. The first-order valence-electron chi connectivity index (χ1n) is 6.05. The van der Waals surface area contributed by atoms with Crippen LogP contribution in [-0.2, 0) is 0 Å². The van der Waals surface area contributed by atoms with Crippen LogP contribution in [0.5, 0.6) is 5.75 Å². The molecular formula is C14H17N3O. The Morgan fingerprint density at radius 2 is 2.00 bits per heavy atom. The Kier molecular flexibility index (Phi) is 4.53. The van der Waals surface area contributed by atoms with E-state index in [1.807, 2.05) is 43.3 Å². The molecule has 2 aromatic rings. The van der Waals surface area contributed by atoms with Crippen molar-refractivity contribution in [2.24, 2.45) is 0 Å². The summed E-state index contributed by atoms with van der Waals surface area (Å²) in [5.74, 6) is 1.78. The molecule has 18 heavy (non-hydrogen) atoms. The van der Waals surface area contributed by atoms with Crippen molar-refractivity contribution >= 4 is 5.82 Å². The Morgan fingerprint density at radius 3 is 2.78 bits per heavy atom. The summed E-state index contributed by atoms with van der Waals surface area (Å²) in [6, 6.07) is 11.8. The summed E-state index contributed by atoms with van der Waals surface area (Å²) in [6.45, 7) is 3.48. The third-order valence-electron chi connectivity index (χ3n) is 2.44. The minimum atomic E-state index is 0.696. The van der Waals surface area contributed by atoms with E-state index in [4.69, 9.17) is 4.74 Å². The van der Waals surface area contributed by atoms with Crippen molar-refractivity contribution in [2.75, 3.05) is 18.5 Å². The molecule has 94 valence electrons. The van der Waals surface area contributed by atoms with Crippen LogP contribution < -0.4 is 10.1 Å². The van der Waals surface area contributed by atoms with Gasteiger partial charge in [0, 0.05) is 18.3 Å². The van der Waals surface area contributed by atoms with Crippen molar-refractivity contribution in [1.29, 1.82) is 0 Å². The highest BCUT2D eigenvalue weighted by Gasteiger charge is 1.95. The molecule has 0 atom stereocenters. The van der Waals surface area contributed by atoms with Crippen molar-refractivity contribution in [3.63, 3.8) is 0 Å². The lowest BCUT2D eigenvalue weighted by atomic mass is 10.3. The molecule has 0 fully saturated rings. The minimum absolute atomic E-state index is 0.696. The third kappa shape index (κ3) is 4.05. The highest BCUT2D eigenvalue weighted by Crippen LogP contribution is 2.08. The molecule has 0 aliphatic rings. The number of nitrogens with zero attached hydrogens (tertiary/aromatic N) is 2. The van der Waals surface area contributed by atoms with Crippen LogP contribution >= 0.6 is 0 Å². The van der Waals surface area contributed by atoms with Crippen LogP contribution in [0.1, 0.15) is 12.1 Å². The number of para-hydroxylation sites is 1. The molecular weight excluding hydrogens is 226 g/mol. The maximum absolute atomic E-state index is 5.59. The van der Waals surface area contributed by atoms with Gasteiger partial charge in [-0.05, 0) is 25.5 Å². The highest BCUT2D eigenvalue weighted by atomic mass is 16.5. The van der Waals surface area contributed by atoms with Crippen LogP contribution in [0.3, 0.4) is 0 Å². The van der Waals surface area contributed by atoms with Gasteiger partial charge in [-0.1, -0.05) is 18.2 Å². The van der Waals surface area contributed by atoms with Gasteiger partial charge in [0.15, 0.2) is 0 Å². The van der Waals surface area contributed by atoms with E-state index in [0.717, 1.165) is 30.2 Å². The number of hydrogen-bond acceptors (Lipinski definition) is 4. The Bertz CT molecular complexity index is 473. The van der Waals surface area contributed by atoms with E-state index >= 15 is 0 Å². The van der Waals surface area contributed by atoms with E-state index in [1.54, 1.807) is 6.33 Å². The minimum Gasteiger partial charge on any atom is -0.494 e. The number of nitrogens with one attached hydrogen (secondary N) is 1. The summed E-state index contributed by atoms with van der Waals surface area (Å²) >= 11 is 0. The first kappa shape index (κ1) is 12.4. The lowest BCUT2D eigenvalue weighted by Crippen LogP contribution is -2.08. The first-order valence-corrected chi connectivity index (χ1v) is 6.05. The second-order valence-corrected chi connectivity index (χ2v) is 3.99. The normalized spacial score (nSPS) is 10.1. The zero-order chi connectivity index (χ0) is 12.6. The summed E-state index contributed by atoms with van der Waals surface area (Å²) in [4.78, 5) is 8.18. The molecule has 1 N–H and O–H groups in total. The van der Waals surface area contributed by atoms with Gasteiger partial charge in [0.25, 0.3) is 0 Å². The highest BCUT2D eigenvalue weighted by molar-refractivity contribution is 5.34. The third-order valence-corrected chi connectivity index (χ3v) is 2.44. The SMILES string of the molecule is Cc1cc(NCCCOc2ccccc2)ncn1. The molecule has 4 heteroatoms. The van der Waals surface area contributed by atoms with Crippen molar-refractivity contribution in [2.45, 2.75) is 13.3 Å². The van der Waals surface area contributed by atoms with Crippen molar-refractivity contribution < 1.29 is 4.74 Å². The number of aromatic nitrogens is 2. The van der Waals surface area contributed by atoms with Crippen molar-refractivity contribution in [3.8, 4) is 5.75 Å². The second-order valence-electron chi connectivity index (χ2n) is 3.99. The molecule has 4 nitrogen and oxygen atoms in total. The van der Waals surface area contributed by atoms with E-state index in [-0.39, 0.29) is 0 Å².